The maximum absolute atomic E-state index is 12.4. The van der Waals surface area contributed by atoms with Crippen molar-refractivity contribution in [2.75, 3.05) is 0 Å². The number of carboxylic acids is 1. The molecule has 6 nitrogen and oxygen atoms in total. The molecule has 0 aromatic rings. The number of alkyl halides is 3. The van der Waals surface area contributed by atoms with Gasteiger partial charge in [0.05, 0.1) is 0 Å². The van der Waals surface area contributed by atoms with E-state index in [0.717, 1.165) is 0 Å². The molecule has 3 N–H and O–H groups in total. The van der Waals surface area contributed by atoms with Crippen LogP contribution in [0.4, 0.5) is 18.0 Å². The van der Waals surface area contributed by atoms with Crippen molar-refractivity contribution in [2.45, 2.75) is 44.7 Å². The van der Waals surface area contributed by atoms with Crippen LogP contribution in [0, 0.1) is 0 Å². The van der Waals surface area contributed by atoms with Gasteiger partial charge in [0.15, 0.2) is 12.1 Å². The first-order valence-corrected chi connectivity index (χ1v) is 4.81. The van der Waals surface area contributed by atoms with Crippen LogP contribution in [0.3, 0.4) is 0 Å². The molecule has 1 amide bonds. The van der Waals surface area contributed by atoms with Gasteiger partial charge in [-0.25, -0.2) is 9.59 Å². The van der Waals surface area contributed by atoms with E-state index in [9.17, 15) is 22.8 Å². The molecular formula is C9H14F3NO5. The van der Waals surface area contributed by atoms with Crippen LogP contribution in [0.5, 0.6) is 0 Å². The molecular weight excluding hydrogens is 259 g/mol. The largest absolute Gasteiger partial charge is 0.479 e. The molecule has 0 radical (unpaired) electrons. The van der Waals surface area contributed by atoms with Crippen LogP contribution in [-0.2, 0) is 9.53 Å². The number of nitrogens with one attached hydrogen (secondary N) is 1. The van der Waals surface area contributed by atoms with Crippen molar-refractivity contribution in [1.29, 1.82) is 0 Å². The van der Waals surface area contributed by atoms with Gasteiger partial charge in [-0.3, -0.25) is 0 Å². The van der Waals surface area contributed by atoms with E-state index in [4.69, 9.17) is 10.2 Å². The lowest BCUT2D eigenvalue weighted by Gasteiger charge is -2.26. The molecule has 0 aromatic carbocycles. The third-order valence-electron chi connectivity index (χ3n) is 1.59. The standard InChI is InChI=1S/C9H14F3NO5/c1-8(2,3)18-7(17)13-5(9(10,11)12)4(14)6(15)16/h4-5,14H,1-3H3,(H,13,17)(H,15,16)/t4-,5+/m1/s1. The first-order valence-electron chi connectivity index (χ1n) is 4.81. The van der Waals surface area contributed by atoms with Crippen molar-refractivity contribution in [2.24, 2.45) is 0 Å². The van der Waals surface area contributed by atoms with Gasteiger partial charge in [-0.2, -0.15) is 13.2 Å². The number of aliphatic hydroxyl groups excluding tert-OH is 1. The van der Waals surface area contributed by atoms with E-state index >= 15 is 0 Å². The van der Waals surface area contributed by atoms with Gasteiger partial charge >= 0.3 is 18.2 Å². The average Bonchev–Trinajstić information content (AvgIpc) is 2.08. The zero-order valence-corrected chi connectivity index (χ0v) is 9.91. The van der Waals surface area contributed by atoms with Crippen LogP contribution in [0.2, 0.25) is 0 Å². The number of amides is 1. The Labute approximate surface area is 101 Å². The summed E-state index contributed by atoms with van der Waals surface area (Å²) in [7, 11) is 0. The molecule has 0 unspecified atom stereocenters. The fourth-order valence-corrected chi connectivity index (χ4v) is 0.917. The molecule has 0 aliphatic rings. The lowest BCUT2D eigenvalue weighted by molar-refractivity contribution is -0.188. The number of hydrogen-bond donors (Lipinski definition) is 3. The molecule has 106 valence electrons. The SMILES string of the molecule is CC(C)(C)OC(=O)N[C@@H]([C@@H](O)C(=O)O)C(F)(F)F. The summed E-state index contributed by atoms with van der Waals surface area (Å²) in [5.41, 5.74) is -1.05. The lowest BCUT2D eigenvalue weighted by Crippen LogP contribution is -2.56. The average molecular weight is 273 g/mol. The Hall–Kier alpha value is -1.51. The molecule has 0 aliphatic heterocycles. The number of ether oxygens (including phenoxy) is 1. The summed E-state index contributed by atoms with van der Waals surface area (Å²) in [5.74, 6) is -2.10. The van der Waals surface area contributed by atoms with Crippen molar-refractivity contribution >= 4 is 12.1 Å². The van der Waals surface area contributed by atoms with E-state index < -0.39 is 36.0 Å². The molecule has 0 rings (SSSR count). The Balaban J connectivity index is 4.83. The van der Waals surface area contributed by atoms with Crippen molar-refractivity contribution in [3.63, 3.8) is 0 Å². The highest BCUT2D eigenvalue weighted by molar-refractivity contribution is 5.75. The Morgan fingerprint density at radius 1 is 1.22 bits per heavy atom. The molecule has 0 saturated heterocycles. The third-order valence-corrected chi connectivity index (χ3v) is 1.59. The normalized spacial score (nSPS) is 15.7. The predicted molar refractivity (Wildman–Crippen MR) is 52.9 cm³/mol. The van der Waals surface area contributed by atoms with Crippen LogP contribution >= 0.6 is 0 Å². The number of carbonyl (C=O) groups is 2. The number of rotatable bonds is 3. The summed E-state index contributed by atoms with van der Waals surface area (Å²) in [4.78, 5) is 21.4. The van der Waals surface area contributed by atoms with Gasteiger partial charge in [-0.05, 0) is 20.8 Å². The van der Waals surface area contributed by atoms with Crippen molar-refractivity contribution < 1.29 is 37.7 Å². The first-order chi connectivity index (χ1) is 7.84. The molecule has 9 heteroatoms. The van der Waals surface area contributed by atoms with Crippen molar-refractivity contribution in [3.8, 4) is 0 Å². The van der Waals surface area contributed by atoms with Gasteiger partial charge in [-0.15, -0.1) is 0 Å². The molecule has 0 aromatic heterocycles. The van der Waals surface area contributed by atoms with Crippen LogP contribution in [-0.4, -0.2) is 46.2 Å². The second-order valence-corrected chi connectivity index (χ2v) is 4.45. The number of alkyl carbamates (subject to hydrolysis) is 1. The van der Waals surface area contributed by atoms with E-state index in [1.165, 1.54) is 26.1 Å². The Bertz CT molecular complexity index is 323. The number of carbonyl (C=O) groups excluding carboxylic acids is 1. The monoisotopic (exact) mass is 273 g/mol. The summed E-state index contributed by atoms with van der Waals surface area (Å²) in [5, 5.41) is 18.5. The topological polar surface area (TPSA) is 95.9 Å². The quantitative estimate of drug-likeness (QED) is 0.709. The summed E-state index contributed by atoms with van der Waals surface area (Å²) in [6, 6.07) is -2.94. The van der Waals surface area contributed by atoms with Gasteiger partial charge in [0, 0.05) is 0 Å². The Morgan fingerprint density at radius 3 is 1.94 bits per heavy atom. The zero-order chi connectivity index (χ0) is 14.7. The smallest absolute Gasteiger partial charge is 0.411 e. The minimum Gasteiger partial charge on any atom is -0.479 e. The van der Waals surface area contributed by atoms with E-state index in [1.807, 2.05) is 0 Å². The number of aliphatic carboxylic acids is 1. The Kier molecular flexibility index (Phi) is 4.97. The number of carboxylic acid groups (broad SMARTS) is 1. The van der Waals surface area contributed by atoms with E-state index in [0.29, 0.717) is 0 Å². The Morgan fingerprint density at radius 2 is 1.67 bits per heavy atom. The van der Waals surface area contributed by atoms with E-state index in [2.05, 4.69) is 4.74 Å². The first kappa shape index (κ1) is 16.5. The van der Waals surface area contributed by atoms with E-state index in [1.54, 1.807) is 0 Å². The number of halogens is 3. The number of aliphatic hydroxyl groups is 1. The summed E-state index contributed by atoms with van der Waals surface area (Å²) in [6.07, 6.45) is -9.39. The maximum atomic E-state index is 12.4. The van der Waals surface area contributed by atoms with Gasteiger partial charge < -0.3 is 20.3 Å². The molecule has 0 heterocycles. The second-order valence-electron chi connectivity index (χ2n) is 4.45. The number of hydrogen-bond acceptors (Lipinski definition) is 4. The van der Waals surface area contributed by atoms with Gasteiger partial charge in [-0.1, -0.05) is 0 Å². The summed E-state index contributed by atoms with van der Waals surface area (Å²) < 4.78 is 41.8. The molecule has 0 spiro atoms. The molecule has 0 bridgehead atoms. The van der Waals surface area contributed by atoms with E-state index in [-0.39, 0.29) is 0 Å². The van der Waals surface area contributed by atoms with Crippen LogP contribution < -0.4 is 5.32 Å². The van der Waals surface area contributed by atoms with Gasteiger partial charge in [0.25, 0.3) is 0 Å². The summed E-state index contributed by atoms with van der Waals surface area (Å²) in [6.45, 7) is 4.26. The third kappa shape index (κ3) is 5.71. The van der Waals surface area contributed by atoms with Crippen LogP contribution in [0.1, 0.15) is 20.8 Å². The predicted octanol–water partition coefficient (Wildman–Crippen LogP) is 0.887. The molecule has 2 atom stereocenters. The molecule has 18 heavy (non-hydrogen) atoms. The molecule has 0 aliphatic carbocycles. The van der Waals surface area contributed by atoms with Crippen molar-refractivity contribution in [3.05, 3.63) is 0 Å². The van der Waals surface area contributed by atoms with Gasteiger partial charge in [0.2, 0.25) is 0 Å². The highest BCUT2D eigenvalue weighted by Crippen LogP contribution is 2.23. The fourth-order valence-electron chi connectivity index (χ4n) is 0.917. The highest BCUT2D eigenvalue weighted by Gasteiger charge is 2.48. The minimum atomic E-state index is -5.12. The highest BCUT2D eigenvalue weighted by atomic mass is 19.4. The van der Waals surface area contributed by atoms with Crippen LogP contribution in [0.15, 0.2) is 0 Å². The lowest BCUT2D eigenvalue weighted by atomic mass is 10.1. The maximum Gasteiger partial charge on any atom is 0.411 e. The van der Waals surface area contributed by atoms with Crippen molar-refractivity contribution in [1.82, 2.24) is 5.32 Å². The zero-order valence-electron chi connectivity index (χ0n) is 9.91. The fraction of sp³-hybridized carbons (Fsp3) is 0.778. The molecule has 0 fully saturated rings. The minimum absolute atomic E-state index is 1.05. The summed E-state index contributed by atoms with van der Waals surface area (Å²) >= 11 is 0. The molecule has 0 saturated carbocycles. The van der Waals surface area contributed by atoms with Gasteiger partial charge in [0.1, 0.15) is 5.60 Å². The van der Waals surface area contributed by atoms with Crippen LogP contribution in [0.25, 0.3) is 0 Å². The second kappa shape index (κ2) is 5.42.